The van der Waals surface area contributed by atoms with Gasteiger partial charge < -0.3 is 19.8 Å². The molecule has 3 rings (SSSR count). The third kappa shape index (κ3) is 7.23. The minimum Gasteiger partial charge on any atom is -0.496 e. The Hall–Kier alpha value is -2.60. The van der Waals surface area contributed by atoms with Crippen LogP contribution in [-0.4, -0.2) is 47.0 Å². The van der Waals surface area contributed by atoms with Gasteiger partial charge in [-0.15, -0.1) is 0 Å². The summed E-state index contributed by atoms with van der Waals surface area (Å²) in [7, 11) is 1.65. The van der Waals surface area contributed by atoms with Crippen molar-refractivity contribution in [3.05, 3.63) is 41.7 Å². The molecule has 1 aliphatic rings. The number of aliphatic hydroxyl groups is 1. The predicted octanol–water partition coefficient (Wildman–Crippen LogP) is 5.10. The average Bonchev–Trinajstić information content (AvgIpc) is 2.68. The molecule has 2 heterocycles. The molecule has 1 aliphatic heterocycles. The summed E-state index contributed by atoms with van der Waals surface area (Å²) < 4.78 is 5.56. The van der Waals surface area contributed by atoms with Crippen molar-refractivity contribution >= 4 is 11.7 Å². The molecule has 2 N–H and O–H groups in total. The van der Waals surface area contributed by atoms with Gasteiger partial charge in [0.15, 0.2) is 0 Å². The highest BCUT2D eigenvalue weighted by Crippen LogP contribution is 2.42. The maximum absolute atomic E-state index is 11.6. The summed E-state index contributed by atoms with van der Waals surface area (Å²) >= 11 is 0. The molecule has 176 valence electrons. The minimum absolute atomic E-state index is 0.0307. The fourth-order valence-corrected chi connectivity index (χ4v) is 3.76. The number of rotatable bonds is 5. The summed E-state index contributed by atoms with van der Waals surface area (Å²) in [6, 6.07) is 7.84. The topological polar surface area (TPSA) is 82.9 Å². The number of para-hydroxylation sites is 1. The zero-order valence-electron chi connectivity index (χ0n) is 20.5. The molecule has 0 spiro atoms. The molecule has 0 unspecified atom stereocenters. The Kier molecular flexibility index (Phi) is 8.29. The third-order valence-electron chi connectivity index (χ3n) is 5.52. The van der Waals surface area contributed by atoms with E-state index < -0.39 is 11.6 Å². The number of benzene rings is 1. The molecular weight excluding hydrogens is 404 g/mol. The number of ether oxygens (including phenoxy) is 1. The van der Waals surface area contributed by atoms with E-state index in [1.165, 1.54) is 0 Å². The molecule has 6 nitrogen and oxygen atoms in total. The molecule has 1 saturated heterocycles. The first kappa shape index (κ1) is 25.7. The van der Waals surface area contributed by atoms with Crippen LogP contribution >= 0.6 is 0 Å². The Labute approximate surface area is 192 Å². The molecule has 0 bridgehead atoms. The fourth-order valence-electron chi connectivity index (χ4n) is 3.76. The standard InChI is InChI=1S/C22H28N2O3.C4H10O/c1-15-17(13-20(25)26)21(24-11-9-22(2,3)10-12-24)18(14-23-15)16-7-5-6-8-19(16)27-4;1-4(2,3)5/h5-8,14H,9-13H2,1-4H3,(H,25,26);5H,1-3H3. The lowest BCUT2D eigenvalue weighted by molar-refractivity contribution is -0.136. The van der Waals surface area contributed by atoms with Crippen LogP contribution in [0.1, 0.15) is 58.7 Å². The van der Waals surface area contributed by atoms with Crippen LogP contribution in [0.3, 0.4) is 0 Å². The van der Waals surface area contributed by atoms with Gasteiger partial charge in [-0.05, 0) is 52.0 Å². The molecule has 6 heteroatoms. The van der Waals surface area contributed by atoms with E-state index in [1.54, 1.807) is 27.9 Å². The summed E-state index contributed by atoms with van der Waals surface area (Å²) in [5.41, 5.74) is 4.26. The fraction of sp³-hybridized carbons (Fsp3) is 0.538. The second-order valence-corrected chi connectivity index (χ2v) is 10.2. The van der Waals surface area contributed by atoms with E-state index in [0.29, 0.717) is 5.41 Å². The number of nitrogens with zero attached hydrogens (tertiary/aromatic N) is 2. The van der Waals surface area contributed by atoms with Crippen LogP contribution in [-0.2, 0) is 11.2 Å². The van der Waals surface area contributed by atoms with Crippen LogP contribution in [0.4, 0.5) is 5.69 Å². The van der Waals surface area contributed by atoms with E-state index in [-0.39, 0.29) is 6.42 Å². The number of hydrogen-bond acceptors (Lipinski definition) is 5. The largest absolute Gasteiger partial charge is 0.496 e. The molecular formula is C26H38N2O4. The van der Waals surface area contributed by atoms with Crippen LogP contribution in [0.2, 0.25) is 0 Å². The number of carboxylic acid groups (broad SMARTS) is 1. The molecule has 0 radical (unpaired) electrons. The maximum atomic E-state index is 11.6. The van der Waals surface area contributed by atoms with Crippen molar-refractivity contribution in [2.24, 2.45) is 5.41 Å². The first-order chi connectivity index (χ1) is 14.8. The van der Waals surface area contributed by atoms with Crippen molar-refractivity contribution in [3.8, 4) is 16.9 Å². The van der Waals surface area contributed by atoms with Crippen LogP contribution in [0.5, 0.6) is 5.75 Å². The van der Waals surface area contributed by atoms with Gasteiger partial charge in [0.05, 0.1) is 24.8 Å². The molecule has 0 atom stereocenters. The quantitative estimate of drug-likeness (QED) is 0.671. The number of piperidine rings is 1. The second kappa shape index (κ2) is 10.3. The Bertz CT molecular complexity index is 916. The first-order valence-electron chi connectivity index (χ1n) is 11.1. The number of methoxy groups -OCH3 is 1. The highest BCUT2D eigenvalue weighted by Gasteiger charge is 2.29. The van der Waals surface area contributed by atoms with Gasteiger partial charge in [0.2, 0.25) is 0 Å². The Morgan fingerprint density at radius 1 is 1.16 bits per heavy atom. The smallest absolute Gasteiger partial charge is 0.307 e. The van der Waals surface area contributed by atoms with Crippen molar-refractivity contribution in [2.45, 2.75) is 66.4 Å². The number of aryl methyl sites for hydroxylation is 1. The number of pyridine rings is 1. The molecule has 0 aliphatic carbocycles. The lowest BCUT2D eigenvalue weighted by Gasteiger charge is -2.40. The predicted molar refractivity (Wildman–Crippen MR) is 130 cm³/mol. The van der Waals surface area contributed by atoms with Gasteiger partial charge >= 0.3 is 5.97 Å². The van der Waals surface area contributed by atoms with Gasteiger partial charge in [-0.1, -0.05) is 32.0 Å². The minimum atomic E-state index is -0.837. The van der Waals surface area contributed by atoms with Gasteiger partial charge in [-0.2, -0.15) is 0 Å². The molecule has 0 amide bonds. The summed E-state index contributed by atoms with van der Waals surface area (Å²) in [6.45, 7) is 13.5. The number of carboxylic acids is 1. The molecule has 1 fully saturated rings. The van der Waals surface area contributed by atoms with Crippen molar-refractivity contribution in [3.63, 3.8) is 0 Å². The normalized spacial score (nSPS) is 15.6. The lowest BCUT2D eigenvalue weighted by atomic mass is 9.82. The van der Waals surface area contributed by atoms with E-state index in [1.807, 2.05) is 37.4 Å². The third-order valence-corrected chi connectivity index (χ3v) is 5.52. The van der Waals surface area contributed by atoms with Crippen LogP contribution in [0.25, 0.3) is 11.1 Å². The molecule has 1 aromatic carbocycles. The van der Waals surface area contributed by atoms with E-state index in [0.717, 1.165) is 59.8 Å². The van der Waals surface area contributed by atoms with Crippen molar-refractivity contribution in [2.75, 3.05) is 25.1 Å². The molecule has 2 aromatic rings. The summed E-state index contributed by atoms with van der Waals surface area (Å²) in [5, 5.41) is 18.0. The SMILES string of the molecule is CC(C)(C)O.COc1ccccc1-c1cnc(C)c(CC(=O)O)c1N1CCC(C)(C)CC1. The van der Waals surface area contributed by atoms with Gasteiger partial charge in [-0.3, -0.25) is 9.78 Å². The van der Waals surface area contributed by atoms with Crippen molar-refractivity contribution in [1.82, 2.24) is 4.98 Å². The van der Waals surface area contributed by atoms with E-state index in [9.17, 15) is 9.90 Å². The zero-order valence-corrected chi connectivity index (χ0v) is 20.5. The van der Waals surface area contributed by atoms with Gasteiger partial charge in [-0.25, -0.2) is 0 Å². The molecule has 1 aromatic heterocycles. The molecule has 0 saturated carbocycles. The van der Waals surface area contributed by atoms with Gasteiger partial charge in [0.25, 0.3) is 0 Å². The average molecular weight is 443 g/mol. The first-order valence-corrected chi connectivity index (χ1v) is 11.1. The lowest BCUT2D eigenvalue weighted by Crippen LogP contribution is -2.38. The van der Waals surface area contributed by atoms with E-state index in [4.69, 9.17) is 9.84 Å². The number of anilines is 1. The highest BCUT2D eigenvalue weighted by atomic mass is 16.5. The Morgan fingerprint density at radius 3 is 2.25 bits per heavy atom. The summed E-state index contributed by atoms with van der Waals surface area (Å²) in [6.07, 6.45) is 3.98. The van der Waals surface area contributed by atoms with Crippen molar-refractivity contribution < 1.29 is 19.7 Å². The highest BCUT2D eigenvalue weighted by molar-refractivity contribution is 5.86. The second-order valence-electron chi connectivity index (χ2n) is 10.2. The van der Waals surface area contributed by atoms with Crippen LogP contribution < -0.4 is 9.64 Å². The number of aromatic nitrogens is 1. The van der Waals surface area contributed by atoms with E-state index in [2.05, 4.69) is 23.7 Å². The van der Waals surface area contributed by atoms with Gasteiger partial charge in [0.1, 0.15) is 5.75 Å². The number of hydrogen-bond donors (Lipinski definition) is 2. The summed E-state index contributed by atoms with van der Waals surface area (Å²) in [5.74, 6) is -0.0707. The van der Waals surface area contributed by atoms with Crippen molar-refractivity contribution in [1.29, 1.82) is 0 Å². The van der Waals surface area contributed by atoms with Crippen LogP contribution in [0.15, 0.2) is 30.5 Å². The molecule has 32 heavy (non-hydrogen) atoms. The van der Waals surface area contributed by atoms with E-state index >= 15 is 0 Å². The van der Waals surface area contributed by atoms with Gasteiger partial charge in [0, 0.05) is 41.7 Å². The van der Waals surface area contributed by atoms with Crippen LogP contribution in [0, 0.1) is 12.3 Å². The number of carbonyl (C=O) groups is 1. The summed E-state index contributed by atoms with van der Waals surface area (Å²) in [4.78, 5) is 18.4. The number of aliphatic carboxylic acids is 1. The Morgan fingerprint density at radius 2 is 1.72 bits per heavy atom. The Balaban J connectivity index is 0.000000654. The monoisotopic (exact) mass is 442 g/mol. The zero-order chi connectivity index (χ0) is 24.1. The maximum Gasteiger partial charge on any atom is 0.307 e.